The lowest BCUT2D eigenvalue weighted by Gasteiger charge is -2.32. The zero-order chi connectivity index (χ0) is 20.7. The monoisotopic (exact) mass is 398 g/mol. The standard InChI is InChI=1S/C19H24F2N2O5/c1-12(9-16(24)25)10-22-17(26)13-5-4-8-23(11-13)18(27)14-6-2-3-7-15(14)28-19(20)21/h2-3,6-7,12-13,19H,4-5,8-11H2,1H3,(H,22,26)(H,24,25). The van der Waals surface area contributed by atoms with Gasteiger partial charge in [0.05, 0.1) is 11.5 Å². The van der Waals surface area contributed by atoms with Crippen molar-refractivity contribution in [1.29, 1.82) is 0 Å². The molecule has 1 saturated heterocycles. The Morgan fingerprint density at radius 2 is 2.04 bits per heavy atom. The second kappa shape index (κ2) is 10.0. The van der Waals surface area contributed by atoms with Crippen molar-refractivity contribution in [3.05, 3.63) is 29.8 Å². The molecule has 1 heterocycles. The summed E-state index contributed by atoms with van der Waals surface area (Å²) in [6.07, 6.45) is 1.15. The molecule has 0 aromatic heterocycles. The first-order valence-electron chi connectivity index (χ1n) is 9.10. The van der Waals surface area contributed by atoms with Crippen LogP contribution in [0, 0.1) is 11.8 Å². The largest absolute Gasteiger partial charge is 0.481 e. The zero-order valence-electron chi connectivity index (χ0n) is 15.6. The van der Waals surface area contributed by atoms with Crippen molar-refractivity contribution in [3.8, 4) is 5.75 Å². The Hall–Kier alpha value is -2.71. The Morgan fingerprint density at radius 1 is 1.32 bits per heavy atom. The molecule has 9 heteroatoms. The third-order valence-corrected chi connectivity index (χ3v) is 4.56. The maximum atomic E-state index is 12.8. The minimum Gasteiger partial charge on any atom is -0.481 e. The number of carbonyl (C=O) groups is 3. The van der Waals surface area contributed by atoms with Gasteiger partial charge in [-0.3, -0.25) is 14.4 Å². The van der Waals surface area contributed by atoms with Gasteiger partial charge < -0.3 is 20.1 Å². The Labute approximate surface area is 161 Å². The van der Waals surface area contributed by atoms with Gasteiger partial charge in [0, 0.05) is 26.1 Å². The van der Waals surface area contributed by atoms with E-state index < -0.39 is 24.4 Å². The van der Waals surface area contributed by atoms with E-state index in [-0.39, 0.29) is 42.6 Å². The SMILES string of the molecule is CC(CNC(=O)C1CCCN(C(=O)c2ccccc2OC(F)F)C1)CC(=O)O. The third kappa shape index (κ3) is 6.17. The van der Waals surface area contributed by atoms with Gasteiger partial charge in [-0.25, -0.2) is 0 Å². The number of ether oxygens (including phenoxy) is 1. The first-order valence-corrected chi connectivity index (χ1v) is 9.10. The highest BCUT2D eigenvalue weighted by Gasteiger charge is 2.30. The van der Waals surface area contributed by atoms with E-state index in [2.05, 4.69) is 10.1 Å². The molecule has 0 aliphatic carbocycles. The highest BCUT2D eigenvalue weighted by molar-refractivity contribution is 5.97. The van der Waals surface area contributed by atoms with Gasteiger partial charge in [0.25, 0.3) is 5.91 Å². The van der Waals surface area contributed by atoms with Crippen molar-refractivity contribution in [2.75, 3.05) is 19.6 Å². The average molecular weight is 398 g/mol. The summed E-state index contributed by atoms with van der Waals surface area (Å²) in [5.41, 5.74) is 0.0268. The zero-order valence-corrected chi connectivity index (χ0v) is 15.6. The van der Waals surface area contributed by atoms with Gasteiger partial charge in [-0.1, -0.05) is 19.1 Å². The van der Waals surface area contributed by atoms with Crippen molar-refractivity contribution < 1.29 is 33.0 Å². The predicted octanol–water partition coefficient (Wildman–Crippen LogP) is 2.37. The highest BCUT2D eigenvalue weighted by Crippen LogP contribution is 2.25. The molecule has 7 nitrogen and oxygen atoms in total. The van der Waals surface area contributed by atoms with E-state index >= 15 is 0 Å². The molecule has 2 amide bonds. The van der Waals surface area contributed by atoms with Gasteiger partial charge in [-0.2, -0.15) is 8.78 Å². The lowest BCUT2D eigenvalue weighted by atomic mass is 9.96. The quantitative estimate of drug-likeness (QED) is 0.701. The summed E-state index contributed by atoms with van der Waals surface area (Å²) in [6, 6.07) is 5.78. The fourth-order valence-electron chi connectivity index (χ4n) is 3.18. The van der Waals surface area contributed by atoms with Gasteiger partial charge >= 0.3 is 12.6 Å². The number of alkyl halides is 2. The fourth-order valence-corrected chi connectivity index (χ4v) is 3.18. The molecule has 0 saturated carbocycles. The normalized spacial score (nSPS) is 17.9. The minimum absolute atomic E-state index is 0.0268. The van der Waals surface area contributed by atoms with Crippen LogP contribution in [0.2, 0.25) is 0 Å². The molecule has 0 bridgehead atoms. The van der Waals surface area contributed by atoms with Crippen molar-refractivity contribution in [2.24, 2.45) is 11.8 Å². The smallest absolute Gasteiger partial charge is 0.387 e. The summed E-state index contributed by atoms with van der Waals surface area (Å²) < 4.78 is 29.6. The average Bonchev–Trinajstić information content (AvgIpc) is 2.65. The number of halogens is 2. The molecule has 2 N–H and O–H groups in total. The van der Waals surface area contributed by atoms with Crippen LogP contribution in [-0.4, -0.2) is 54.0 Å². The van der Waals surface area contributed by atoms with Crippen LogP contribution in [0.5, 0.6) is 5.75 Å². The van der Waals surface area contributed by atoms with E-state index in [0.29, 0.717) is 19.4 Å². The van der Waals surface area contributed by atoms with E-state index in [1.807, 2.05) is 0 Å². The summed E-state index contributed by atoms with van der Waals surface area (Å²) >= 11 is 0. The predicted molar refractivity (Wildman–Crippen MR) is 96.1 cm³/mol. The molecule has 154 valence electrons. The second-order valence-electron chi connectivity index (χ2n) is 6.91. The molecule has 2 unspecified atom stereocenters. The van der Waals surface area contributed by atoms with Crippen molar-refractivity contribution in [2.45, 2.75) is 32.8 Å². The first kappa shape index (κ1) is 21.6. The summed E-state index contributed by atoms with van der Waals surface area (Å²) in [5, 5.41) is 11.5. The van der Waals surface area contributed by atoms with Crippen LogP contribution in [0.3, 0.4) is 0 Å². The lowest BCUT2D eigenvalue weighted by Crippen LogP contribution is -2.46. The molecule has 1 aromatic carbocycles. The summed E-state index contributed by atoms with van der Waals surface area (Å²) in [7, 11) is 0. The number of rotatable bonds is 8. The van der Waals surface area contributed by atoms with Crippen LogP contribution in [-0.2, 0) is 9.59 Å². The van der Waals surface area contributed by atoms with Gasteiger partial charge in [0.2, 0.25) is 5.91 Å². The van der Waals surface area contributed by atoms with E-state index in [0.717, 1.165) is 0 Å². The number of carboxylic acid groups (broad SMARTS) is 1. The molecule has 2 rings (SSSR count). The van der Waals surface area contributed by atoms with E-state index in [1.165, 1.54) is 23.1 Å². The van der Waals surface area contributed by atoms with Crippen LogP contribution in [0.25, 0.3) is 0 Å². The van der Waals surface area contributed by atoms with Crippen LogP contribution in [0.15, 0.2) is 24.3 Å². The van der Waals surface area contributed by atoms with Gasteiger partial charge in [-0.05, 0) is 30.9 Å². The lowest BCUT2D eigenvalue weighted by molar-refractivity contribution is -0.138. The molecular weight excluding hydrogens is 374 g/mol. The molecule has 0 radical (unpaired) electrons. The summed E-state index contributed by atoms with van der Waals surface area (Å²) in [6.45, 7) is -0.491. The number of nitrogens with zero attached hydrogens (tertiary/aromatic N) is 1. The number of hydrogen-bond acceptors (Lipinski definition) is 4. The number of piperidine rings is 1. The number of likely N-dealkylation sites (tertiary alicyclic amines) is 1. The summed E-state index contributed by atoms with van der Waals surface area (Å²) in [4.78, 5) is 37.3. The molecule has 2 atom stereocenters. The molecule has 1 fully saturated rings. The Bertz CT molecular complexity index is 713. The number of carbonyl (C=O) groups excluding carboxylic acids is 2. The first-order chi connectivity index (χ1) is 13.3. The molecule has 28 heavy (non-hydrogen) atoms. The Kier molecular flexibility index (Phi) is 7.71. The summed E-state index contributed by atoms with van der Waals surface area (Å²) in [5.74, 6) is -2.48. The van der Waals surface area contributed by atoms with E-state index in [4.69, 9.17) is 5.11 Å². The van der Waals surface area contributed by atoms with E-state index in [9.17, 15) is 23.2 Å². The number of benzene rings is 1. The van der Waals surface area contributed by atoms with Gasteiger partial charge in [0.1, 0.15) is 5.75 Å². The van der Waals surface area contributed by atoms with Crippen molar-refractivity contribution >= 4 is 17.8 Å². The van der Waals surface area contributed by atoms with Crippen LogP contribution >= 0.6 is 0 Å². The topological polar surface area (TPSA) is 95.9 Å². The molecular formula is C19H24F2N2O5. The van der Waals surface area contributed by atoms with Gasteiger partial charge in [-0.15, -0.1) is 0 Å². The number of amides is 2. The number of nitrogens with one attached hydrogen (secondary N) is 1. The Morgan fingerprint density at radius 3 is 2.71 bits per heavy atom. The molecule has 1 aliphatic rings. The van der Waals surface area contributed by atoms with Crippen molar-refractivity contribution in [3.63, 3.8) is 0 Å². The van der Waals surface area contributed by atoms with Crippen molar-refractivity contribution in [1.82, 2.24) is 10.2 Å². The molecule has 1 aromatic rings. The minimum atomic E-state index is -3.04. The maximum absolute atomic E-state index is 12.8. The number of hydrogen-bond donors (Lipinski definition) is 2. The number of carboxylic acids is 1. The highest BCUT2D eigenvalue weighted by atomic mass is 19.3. The van der Waals surface area contributed by atoms with Crippen LogP contribution in [0.4, 0.5) is 8.78 Å². The number of para-hydroxylation sites is 1. The second-order valence-corrected chi connectivity index (χ2v) is 6.91. The maximum Gasteiger partial charge on any atom is 0.387 e. The van der Waals surface area contributed by atoms with Gasteiger partial charge in [0.15, 0.2) is 0 Å². The van der Waals surface area contributed by atoms with E-state index in [1.54, 1.807) is 13.0 Å². The molecule has 1 aliphatic heterocycles. The molecule has 0 spiro atoms. The number of aliphatic carboxylic acids is 1. The van der Waals surface area contributed by atoms with Crippen LogP contribution < -0.4 is 10.1 Å². The van der Waals surface area contributed by atoms with Crippen LogP contribution in [0.1, 0.15) is 36.5 Å². The Balaban J connectivity index is 1.98. The fraction of sp³-hybridized carbons (Fsp3) is 0.526. The third-order valence-electron chi connectivity index (χ3n) is 4.56.